The van der Waals surface area contributed by atoms with Gasteiger partial charge >= 0.3 is 6.03 Å². The van der Waals surface area contributed by atoms with E-state index in [0.29, 0.717) is 5.56 Å². The van der Waals surface area contributed by atoms with Gasteiger partial charge in [-0.2, -0.15) is 0 Å². The maximum atomic E-state index is 12.9. The number of hydrogen-bond donors (Lipinski definition) is 2. The Bertz CT molecular complexity index is 798. The van der Waals surface area contributed by atoms with Crippen molar-refractivity contribution in [2.45, 2.75) is 39.3 Å². The summed E-state index contributed by atoms with van der Waals surface area (Å²) in [6, 6.07) is 6.39. The highest BCUT2D eigenvalue weighted by Crippen LogP contribution is 2.30. The minimum absolute atomic E-state index is 0.0434. The Morgan fingerprint density at radius 1 is 1.32 bits per heavy atom. The molecular weight excluding hydrogens is 428 g/mol. The van der Waals surface area contributed by atoms with Crippen molar-refractivity contribution < 1.29 is 19.2 Å². The van der Waals surface area contributed by atoms with E-state index < -0.39 is 29.9 Å². The fraction of sp³-hybridized carbons (Fsp3) is 0.474. The first kappa shape index (κ1) is 21.9. The number of carbonyl (C=O) groups excluding carboxylic acids is 4. The first-order valence-electron chi connectivity index (χ1n) is 9.05. The van der Waals surface area contributed by atoms with Crippen LogP contribution in [0.5, 0.6) is 0 Å². The average Bonchev–Trinajstić information content (AvgIpc) is 2.83. The van der Waals surface area contributed by atoms with Gasteiger partial charge in [0.15, 0.2) is 0 Å². The highest BCUT2D eigenvalue weighted by atomic mass is 79.9. The zero-order valence-electron chi connectivity index (χ0n) is 16.4. The second-order valence-electron chi connectivity index (χ2n) is 7.09. The summed E-state index contributed by atoms with van der Waals surface area (Å²) >= 11 is 3.36. The standard InChI is InChI=1S/C19H25BrN4O4/c1-5-23(10-15(25)21-12(2)3)16(26)11-24-17(27)19(4,22-18(24)28)13-7-6-8-14(20)9-13/h6-9,12H,5,10-11H2,1-4H3,(H,21,25)(H,22,28). The summed E-state index contributed by atoms with van der Waals surface area (Å²) < 4.78 is 0.774. The van der Waals surface area contributed by atoms with Crippen LogP contribution in [0.3, 0.4) is 0 Å². The second-order valence-corrected chi connectivity index (χ2v) is 8.00. The molecule has 0 spiro atoms. The summed E-state index contributed by atoms with van der Waals surface area (Å²) in [7, 11) is 0. The maximum Gasteiger partial charge on any atom is 0.325 e. The van der Waals surface area contributed by atoms with Gasteiger partial charge in [0.05, 0.1) is 6.54 Å². The van der Waals surface area contributed by atoms with E-state index in [4.69, 9.17) is 0 Å². The van der Waals surface area contributed by atoms with Gasteiger partial charge in [0, 0.05) is 17.1 Å². The minimum atomic E-state index is -1.26. The monoisotopic (exact) mass is 452 g/mol. The van der Waals surface area contributed by atoms with Crippen molar-refractivity contribution in [2.24, 2.45) is 0 Å². The zero-order chi connectivity index (χ0) is 21.1. The van der Waals surface area contributed by atoms with Crippen LogP contribution in [0.15, 0.2) is 28.7 Å². The number of nitrogens with zero attached hydrogens (tertiary/aromatic N) is 2. The third-order valence-corrected chi connectivity index (χ3v) is 4.98. The van der Waals surface area contributed by atoms with E-state index in [1.807, 2.05) is 19.9 Å². The molecule has 1 saturated heterocycles. The summed E-state index contributed by atoms with van der Waals surface area (Å²) in [6.45, 7) is 6.73. The summed E-state index contributed by atoms with van der Waals surface area (Å²) in [6.07, 6.45) is 0. The molecule has 1 aliphatic heterocycles. The molecule has 28 heavy (non-hydrogen) atoms. The summed E-state index contributed by atoms with van der Waals surface area (Å²) in [5.74, 6) is -1.27. The number of urea groups is 1. The van der Waals surface area contributed by atoms with E-state index in [1.54, 1.807) is 32.0 Å². The van der Waals surface area contributed by atoms with E-state index in [9.17, 15) is 19.2 Å². The van der Waals surface area contributed by atoms with Crippen LogP contribution in [0.1, 0.15) is 33.3 Å². The molecule has 1 fully saturated rings. The topological polar surface area (TPSA) is 98.8 Å². The van der Waals surface area contributed by atoms with Crippen molar-refractivity contribution in [3.8, 4) is 0 Å². The predicted octanol–water partition coefficient (Wildman–Crippen LogP) is 1.59. The van der Waals surface area contributed by atoms with Crippen LogP contribution in [0.2, 0.25) is 0 Å². The lowest BCUT2D eigenvalue weighted by molar-refractivity contribution is -0.140. The van der Waals surface area contributed by atoms with Crippen molar-refractivity contribution in [1.29, 1.82) is 0 Å². The highest BCUT2D eigenvalue weighted by Gasteiger charge is 2.49. The lowest BCUT2D eigenvalue weighted by atomic mass is 9.92. The van der Waals surface area contributed by atoms with Crippen molar-refractivity contribution in [2.75, 3.05) is 19.6 Å². The SMILES string of the molecule is CCN(CC(=O)NC(C)C)C(=O)CN1C(=O)NC(C)(c2cccc(Br)c2)C1=O. The van der Waals surface area contributed by atoms with Crippen LogP contribution in [-0.4, -0.2) is 59.2 Å². The number of halogens is 1. The molecule has 0 aliphatic carbocycles. The Hall–Kier alpha value is -2.42. The normalized spacial score (nSPS) is 19.0. The van der Waals surface area contributed by atoms with Crippen molar-refractivity contribution >= 4 is 39.7 Å². The molecular formula is C19H25BrN4O4. The molecule has 1 aliphatic rings. The van der Waals surface area contributed by atoms with Crippen LogP contribution in [0.4, 0.5) is 4.79 Å². The van der Waals surface area contributed by atoms with Gasteiger partial charge in [-0.05, 0) is 45.4 Å². The molecule has 2 N–H and O–H groups in total. The Labute approximate surface area is 172 Å². The number of likely N-dealkylation sites (N-methyl/N-ethyl adjacent to an activating group) is 1. The van der Waals surface area contributed by atoms with Crippen LogP contribution < -0.4 is 10.6 Å². The number of hydrogen-bond acceptors (Lipinski definition) is 4. The minimum Gasteiger partial charge on any atom is -0.352 e. The van der Waals surface area contributed by atoms with E-state index in [0.717, 1.165) is 9.37 Å². The Morgan fingerprint density at radius 2 is 2.00 bits per heavy atom. The largest absolute Gasteiger partial charge is 0.352 e. The molecule has 152 valence electrons. The predicted molar refractivity (Wildman–Crippen MR) is 107 cm³/mol. The van der Waals surface area contributed by atoms with Gasteiger partial charge in [-0.3, -0.25) is 19.3 Å². The van der Waals surface area contributed by atoms with Crippen LogP contribution >= 0.6 is 15.9 Å². The lowest BCUT2D eigenvalue weighted by Gasteiger charge is -2.24. The van der Waals surface area contributed by atoms with Crippen LogP contribution in [-0.2, 0) is 19.9 Å². The van der Waals surface area contributed by atoms with Gasteiger partial charge in [0.25, 0.3) is 5.91 Å². The first-order valence-corrected chi connectivity index (χ1v) is 9.85. The molecule has 0 radical (unpaired) electrons. The van der Waals surface area contributed by atoms with Crippen LogP contribution in [0, 0.1) is 0 Å². The lowest BCUT2D eigenvalue weighted by Crippen LogP contribution is -2.48. The van der Waals surface area contributed by atoms with Crippen molar-refractivity contribution in [1.82, 2.24) is 20.4 Å². The number of benzene rings is 1. The molecule has 1 aromatic carbocycles. The Kier molecular flexibility index (Phi) is 6.82. The zero-order valence-corrected chi connectivity index (χ0v) is 18.0. The Morgan fingerprint density at radius 3 is 2.57 bits per heavy atom. The third kappa shape index (κ3) is 4.70. The average molecular weight is 453 g/mol. The van der Waals surface area contributed by atoms with Gasteiger partial charge in [-0.25, -0.2) is 4.79 Å². The molecule has 5 amide bonds. The molecule has 1 heterocycles. The molecule has 1 atom stereocenters. The van der Waals surface area contributed by atoms with E-state index in [-0.39, 0.29) is 25.0 Å². The van der Waals surface area contributed by atoms with Gasteiger partial charge in [0.1, 0.15) is 12.1 Å². The molecule has 2 rings (SSSR count). The second kappa shape index (κ2) is 8.72. The number of imide groups is 1. The van der Waals surface area contributed by atoms with Crippen LogP contribution in [0.25, 0.3) is 0 Å². The van der Waals surface area contributed by atoms with E-state index in [2.05, 4.69) is 26.6 Å². The number of nitrogens with one attached hydrogen (secondary N) is 2. The van der Waals surface area contributed by atoms with E-state index in [1.165, 1.54) is 4.90 Å². The van der Waals surface area contributed by atoms with Gasteiger partial charge in [-0.15, -0.1) is 0 Å². The van der Waals surface area contributed by atoms with Gasteiger partial charge in [-0.1, -0.05) is 28.1 Å². The molecule has 0 aromatic heterocycles. The summed E-state index contributed by atoms with van der Waals surface area (Å²) in [4.78, 5) is 52.1. The number of carbonyl (C=O) groups is 4. The quantitative estimate of drug-likeness (QED) is 0.613. The van der Waals surface area contributed by atoms with E-state index >= 15 is 0 Å². The van der Waals surface area contributed by atoms with Crippen molar-refractivity contribution in [3.05, 3.63) is 34.3 Å². The first-order chi connectivity index (χ1) is 13.1. The Balaban J connectivity index is 2.13. The molecule has 1 aromatic rings. The third-order valence-electron chi connectivity index (χ3n) is 4.49. The fourth-order valence-electron chi connectivity index (χ4n) is 2.99. The van der Waals surface area contributed by atoms with Gasteiger partial charge < -0.3 is 15.5 Å². The van der Waals surface area contributed by atoms with Crippen molar-refractivity contribution in [3.63, 3.8) is 0 Å². The molecule has 0 saturated carbocycles. The summed E-state index contributed by atoms with van der Waals surface area (Å²) in [5.41, 5.74) is -0.647. The van der Waals surface area contributed by atoms with Gasteiger partial charge in [0.2, 0.25) is 11.8 Å². The fourth-order valence-corrected chi connectivity index (χ4v) is 3.39. The molecule has 9 heteroatoms. The number of rotatable bonds is 7. The number of amides is 5. The highest BCUT2D eigenvalue weighted by molar-refractivity contribution is 9.10. The molecule has 0 bridgehead atoms. The summed E-state index contributed by atoms with van der Waals surface area (Å²) in [5, 5.41) is 5.39. The molecule has 1 unspecified atom stereocenters. The molecule has 8 nitrogen and oxygen atoms in total. The maximum absolute atomic E-state index is 12.9. The smallest absolute Gasteiger partial charge is 0.325 e.